The van der Waals surface area contributed by atoms with Gasteiger partial charge in [-0.2, -0.15) is 4.31 Å². The summed E-state index contributed by atoms with van der Waals surface area (Å²) in [6, 6.07) is 20.3. The molecule has 1 fully saturated rings. The van der Waals surface area contributed by atoms with Gasteiger partial charge in [-0.15, -0.1) is 11.3 Å². The van der Waals surface area contributed by atoms with Crippen molar-refractivity contribution in [2.75, 3.05) is 31.6 Å². The highest BCUT2D eigenvalue weighted by Gasteiger charge is 2.25. The van der Waals surface area contributed by atoms with Crippen LogP contribution in [0.3, 0.4) is 0 Å². The minimum atomic E-state index is -3.54. The van der Waals surface area contributed by atoms with E-state index in [1.165, 1.54) is 15.9 Å². The van der Waals surface area contributed by atoms with Gasteiger partial charge >= 0.3 is 0 Å². The summed E-state index contributed by atoms with van der Waals surface area (Å²) in [4.78, 5) is 17.3. The summed E-state index contributed by atoms with van der Waals surface area (Å²) in [6.07, 6.45) is 3.08. The number of amides is 1. The number of nitrogens with one attached hydrogen (secondary N) is 1. The summed E-state index contributed by atoms with van der Waals surface area (Å²) in [5.41, 5.74) is 4.59. The number of anilines is 1. The van der Waals surface area contributed by atoms with Crippen LogP contribution >= 0.6 is 11.3 Å². The number of rotatable bonds is 6. The van der Waals surface area contributed by atoms with Crippen LogP contribution in [0.25, 0.3) is 26.9 Å². The Balaban J connectivity index is 1.21. The fourth-order valence-electron chi connectivity index (χ4n) is 3.89. The number of hydrogen-bond acceptors (Lipinski definition) is 6. The number of thiazole rings is 1. The van der Waals surface area contributed by atoms with Crippen molar-refractivity contribution in [1.29, 1.82) is 0 Å². The first kappa shape index (κ1) is 24.3. The fraction of sp³-hybridized carbons (Fsp3) is 0.185. The van der Waals surface area contributed by atoms with Crippen molar-refractivity contribution in [3.8, 4) is 10.6 Å². The SMILES string of the molecule is Cc1ccc2nc(-c3ccc(NC(=O)C=Cc4ccc(S(=O)(=O)N5CCOCC5)cc4)cc3)sc2c1. The molecule has 36 heavy (non-hydrogen) atoms. The molecule has 4 aromatic rings. The van der Waals surface area contributed by atoms with Crippen molar-refractivity contribution in [3.05, 3.63) is 83.9 Å². The molecule has 1 aliphatic rings. The normalized spacial score (nSPS) is 14.9. The predicted molar refractivity (Wildman–Crippen MR) is 143 cm³/mol. The third-order valence-corrected chi connectivity index (χ3v) is 8.84. The van der Waals surface area contributed by atoms with E-state index in [-0.39, 0.29) is 10.8 Å². The summed E-state index contributed by atoms with van der Waals surface area (Å²) in [5, 5.41) is 3.78. The summed E-state index contributed by atoms with van der Waals surface area (Å²) in [6.45, 7) is 3.58. The third-order valence-electron chi connectivity index (χ3n) is 5.86. The fourth-order valence-corrected chi connectivity index (χ4v) is 6.37. The number of nitrogens with zero attached hydrogens (tertiary/aromatic N) is 2. The van der Waals surface area contributed by atoms with Crippen LogP contribution < -0.4 is 5.32 Å². The molecule has 9 heteroatoms. The van der Waals surface area contributed by atoms with Crippen LogP contribution in [-0.4, -0.2) is 49.9 Å². The second-order valence-corrected chi connectivity index (χ2v) is 11.4. The molecule has 5 rings (SSSR count). The number of carbonyl (C=O) groups is 1. The Morgan fingerprint density at radius 3 is 2.47 bits per heavy atom. The van der Waals surface area contributed by atoms with Crippen molar-refractivity contribution in [2.45, 2.75) is 11.8 Å². The molecule has 0 spiro atoms. The van der Waals surface area contributed by atoms with Crippen LogP contribution in [0.1, 0.15) is 11.1 Å². The van der Waals surface area contributed by atoms with Gasteiger partial charge in [0.15, 0.2) is 0 Å². The maximum absolute atomic E-state index is 12.7. The molecule has 184 valence electrons. The molecule has 0 atom stereocenters. The van der Waals surface area contributed by atoms with Crippen molar-refractivity contribution in [3.63, 3.8) is 0 Å². The molecule has 0 saturated carbocycles. The van der Waals surface area contributed by atoms with Gasteiger partial charge in [0.25, 0.3) is 0 Å². The van der Waals surface area contributed by atoms with Crippen LogP contribution in [0.2, 0.25) is 0 Å². The second-order valence-electron chi connectivity index (χ2n) is 8.48. The van der Waals surface area contributed by atoms with Gasteiger partial charge in [-0.3, -0.25) is 4.79 Å². The Hall–Kier alpha value is -3.37. The van der Waals surface area contributed by atoms with Crippen LogP contribution in [0, 0.1) is 6.92 Å². The molecule has 3 aromatic carbocycles. The summed E-state index contributed by atoms with van der Waals surface area (Å²) >= 11 is 1.64. The molecule has 0 aliphatic carbocycles. The molecular formula is C27H25N3O4S2. The third kappa shape index (κ3) is 5.39. The van der Waals surface area contributed by atoms with E-state index in [1.807, 2.05) is 30.3 Å². The summed E-state index contributed by atoms with van der Waals surface area (Å²) in [5.74, 6) is -0.275. The lowest BCUT2D eigenvalue weighted by atomic mass is 10.2. The number of carbonyl (C=O) groups excluding carboxylic acids is 1. The van der Waals surface area contributed by atoms with Crippen molar-refractivity contribution < 1.29 is 17.9 Å². The first-order chi connectivity index (χ1) is 17.4. The minimum Gasteiger partial charge on any atom is -0.379 e. The molecule has 1 saturated heterocycles. The highest BCUT2D eigenvalue weighted by Crippen LogP contribution is 2.31. The average Bonchev–Trinajstić information content (AvgIpc) is 3.32. The number of benzene rings is 3. The molecule has 0 unspecified atom stereocenters. The topological polar surface area (TPSA) is 88.6 Å². The number of ether oxygens (including phenoxy) is 1. The van der Waals surface area contributed by atoms with Gasteiger partial charge in [-0.1, -0.05) is 18.2 Å². The average molecular weight is 520 g/mol. The molecule has 7 nitrogen and oxygen atoms in total. The predicted octanol–water partition coefficient (Wildman–Crippen LogP) is 4.94. The van der Waals surface area contributed by atoms with Gasteiger partial charge in [0.05, 0.1) is 28.3 Å². The van der Waals surface area contributed by atoms with Crippen LogP contribution in [-0.2, 0) is 19.6 Å². The van der Waals surface area contributed by atoms with Crippen LogP contribution in [0.5, 0.6) is 0 Å². The molecule has 1 amide bonds. The lowest BCUT2D eigenvalue weighted by Crippen LogP contribution is -2.40. The lowest BCUT2D eigenvalue weighted by molar-refractivity contribution is -0.111. The Morgan fingerprint density at radius 1 is 1.03 bits per heavy atom. The quantitative estimate of drug-likeness (QED) is 0.365. The van der Waals surface area contributed by atoms with Crippen molar-refractivity contribution >= 4 is 49.2 Å². The molecule has 0 radical (unpaired) electrons. The van der Waals surface area contributed by atoms with E-state index in [0.717, 1.165) is 26.4 Å². The van der Waals surface area contributed by atoms with E-state index in [2.05, 4.69) is 24.4 Å². The number of fused-ring (bicyclic) bond motifs is 1. The van der Waals surface area contributed by atoms with E-state index in [9.17, 15) is 13.2 Å². The number of morpholine rings is 1. The van der Waals surface area contributed by atoms with E-state index < -0.39 is 10.0 Å². The molecular weight excluding hydrogens is 494 g/mol. The summed E-state index contributed by atoms with van der Waals surface area (Å²) < 4.78 is 33.3. The Labute approximate surface area is 214 Å². The van der Waals surface area contributed by atoms with Crippen molar-refractivity contribution in [1.82, 2.24) is 9.29 Å². The lowest BCUT2D eigenvalue weighted by Gasteiger charge is -2.26. The highest BCUT2D eigenvalue weighted by atomic mass is 32.2. The van der Waals surface area contributed by atoms with Crippen molar-refractivity contribution in [2.24, 2.45) is 0 Å². The molecule has 1 aliphatic heterocycles. The van der Waals surface area contributed by atoms with E-state index >= 15 is 0 Å². The zero-order valence-electron chi connectivity index (χ0n) is 19.7. The van der Waals surface area contributed by atoms with E-state index in [1.54, 1.807) is 41.7 Å². The van der Waals surface area contributed by atoms with E-state index in [0.29, 0.717) is 32.0 Å². The highest BCUT2D eigenvalue weighted by molar-refractivity contribution is 7.89. The number of sulfonamides is 1. The summed E-state index contributed by atoms with van der Waals surface area (Å²) in [7, 11) is -3.54. The molecule has 0 bridgehead atoms. The number of aromatic nitrogens is 1. The van der Waals surface area contributed by atoms with Gasteiger partial charge in [0.2, 0.25) is 15.9 Å². The number of aryl methyl sites for hydroxylation is 1. The molecule has 1 aromatic heterocycles. The van der Waals surface area contributed by atoms with Gasteiger partial charge in [-0.05, 0) is 72.7 Å². The Bertz CT molecular complexity index is 1520. The van der Waals surface area contributed by atoms with E-state index in [4.69, 9.17) is 9.72 Å². The first-order valence-electron chi connectivity index (χ1n) is 11.5. The smallest absolute Gasteiger partial charge is 0.248 e. The zero-order chi connectivity index (χ0) is 25.1. The maximum atomic E-state index is 12.7. The van der Waals surface area contributed by atoms with Gasteiger partial charge in [0, 0.05) is 30.4 Å². The van der Waals surface area contributed by atoms with Crippen LogP contribution in [0.4, 0.5) is 5.69 Å². The Kier molecular flexibility index (Phi) is 6.97. The second kappa shape index (κ2) is 10.3. The minimum absolute atomic E-state index is 0.231. The maximum Gasteiger partial charge on any atom is 0.248 e. The Morgan fingerprint density at radius 2 is 1.75 bits per heavy atom. The van der Waals surface area contributed by atoms with Gasteiger partial charge < -0.3 is 10.1 Å². The standard InChI is InChI=1S/C27H25N3O4S2/c1-19-2-12-24-25(18-19)35-27(29-24)21-6-8-22(9-7-21)28-26(31)13-5-20-3-10-23(11-4-20)36(32,33)30-14-16-34-17-15-30/h2-13,18H,14-17H2,1H3,(H,28,31). The van der Waals surface area contributed by atoms with Gasteiger partial charge in [-0.25, -0.2) is 13.4 Å². The zero-order valence-corrected chi connectivity index (χ0v) is 21.3. The first-order valence-corrected chi connectivity index (χ1v) is 13.8. The number of hydrogen-bond donors (Lipinski definition) is 1. The monoisotopic (exact) mass is 519 g/mol. The largest absolute Gasteiger partial charge is 0.379 e. The van der Waals surface area contributed by atoms with Gasteiger partial charge in [0.1, 0.15) is 5.01 Å². The molecule has 2 heterocycles. The van der Waals surface area contributed by atoms with Crippen LogP contribution in [0.15, 0.2) is 77.7 Å². The molecule has 1 N–H and O–H groups in total.